The van der Waals surface area contributed by atoms with E-state index < -0.39 is 0 Å². The molecule has 0 bridgehead atoms. The Morgan fingerprint density at radius 1 is 1.21 bits per heavy atom. The van der Waals surface area contributed by atoms with Gasteiger partial charge in [-0.1, -0.05) is 29.8 Å². The van der Waals surface area contributed by atoms with Crippen LogP contribution >= 0.6 is 11.6 Å². The van der Waals surface area contributed by atoms with Gasteiger partial charge in [-0.2, -0.15) is 0 Å². The summed E-state index contributed by atoms with van der Waals surface area (Å²) in [6.07, 6.45) is 2.03. The Morgan fingerprint density at radius 3 is 2.89 bits per heavy atom. The van der Waals surface area contributed by atoms with Crippen molar-refractivity contribution in [3.05, 3.63) is 59.4 Å². The second-order valence-electron chi connectivity index (χ2n) is 4.38. The predicted octanol–water partition coefficient (Wildman–Crippen LogP) is 3.37. The molecule has 3 rings (SSSR count). The van der Waals surface area contributed by atoms with E-state index in [2.05, 4.69) is 15.8 Å². The number of nitrogens with one attached hydrogen (secondary N) is 1. The maximum absolute atomic E-state index is 6.06. The number of imidazole rings is 1. The van der Waals surface area contributed by atoms with Crippen LogP contribution in [0.3, 0.4) is 0 Å². The molecule has 2 aromatic heterocycles. The molecule has 3 aromatic rings. The van der Waals surface area contributed by atoms with Gasteiger partial charge in [0.2, 0.25) is 0 Å². The van der Waals surface area contributed by atoms with Crippen molar-refractivity contribution >= 4 is 17.1 Å². The standard InChI is InChI=1S/C15H14ClN3/c1-17-10-13-14-7-2-3-8-19(14)15(18-13)11-5-4-6-12(16)9-11/h2-9,17H,10H2,1H3. The quantitative estimate of drug-likeness (QED) is 0.791. The van der Waals surface area contributed by atoms with Crippen LogP contribution in [0.15, 0.2) is 48.7 Å². The van der Waals surface area contributed by atoms with Gasteiger partial charge in [0, 0.05) is 23.3 Å². The first-order valence-corrected chi connectivity index (χ1v) is 6.54. The predicted molar refractivity (Wildman–Crippen MR) is 78.4 cm³/mol. The molecular formula is C15H14ClN3. The molecule has 0 aliphatic rings. The van der Waals surface area contributed by atoms with Gasteiger partial charge in [0.1, 0.15) is 5.82 Å². The average Bonchev–Trinajstić information content (AvgIpc) is 2.79. The number of pyridine rings is 1. The lowest BCUT2D eigenvalue weighted by Gasteiger charge is -2.01. The minimum absolute atomic E-state index is 0.723. The highest BCUT2D eigenvalue weighted by molar-refractivity contribution is 6.30. The Hall–Kier alpha value is -1.84. The van der Waals surface area contributed by atoms with Gasteiger partial charge in [-0.25, -0.2) is 4.98 Å². The van der Waals surface area contributed by atoms with E-state index in [1.54, 1.807) is 0 Å². The number of nitrogens with zero attached hydrogens (tertiary/aromatic N) is 2. The highest BCUT2D eigenvalue weighted by atomic mass is 35.5. The number of hydrogen-bond donors (Lipinski definition) is 1. The number of aromatic nitrogens is 2. The van der Waals surface area contributed by atoms with Crippen molar-refractivity contribution in [3.8, 4) is 11.4 Å². The lowest BCUT2D eigenvalue weighted by atomic mass is 10.2. The van der Waals surface area contributed by atoms with Crippen molar-refractivity contribution in [2.24, 2.45) is 0 Å². The topological polar surface area (TPSA) is 29.3 Å². The van der Waals surface area contributed by atoms with Crippen LogP contribution in [0.5, 0.6) is 0 Å². The van der Waals surface area contributed by atoms with Crippen LogP contribution in [0.2, 0.25) is 5.02 Å². The van der Waals surface area contributed by atoms with Crippen LogP contribution < -0.4 is 5.32 Å². The number of fused-ring (bicyclic) bond motifs is 1. The molecule has 0 saturated carbocycles. The molecule has 0 radical (unpaired) electrons. The van der Waals surface area contributed by atoms with Gasteiger partial charge in [-0.3, -0.25) is 4.40 Å². The van der Waals surface area contributed by atoms with Gasteiger partial charge in [-0.15, -0.1) is 0 Å². The maximum Gasteiger partial charge on any atom is 0.144 e. The van der Waals surface area contributed by atoms with Gasteiger partial charge < -0.3 is 5.32 Å². The van der Waals surface area contributed by atoms with Crippen molar-refractivity contribution < 1.29 is 0 Å². The van der Waals surface area contributed by atoms with E-state index in [0.717, 1.165) is 34.2 Å². The monoisotopic (exact) mass is 271 g/mol. The Labute approximate surface area is 116 Å². The van der Waals surface area contributed by atoms with E-state index in [9.17, 15) is 0 Å². The largest absolute Gasteiger partial charge is 0.314 e. The number of rotatable bonds is 3. The summed E-state index contributed by atoms with van der Waals surface area (Å²) in [4.78, 5) is 4.73. The van der Waals surface area contributed by atoms with Crippen molar-refractivity contribution in [3.63, 3.8) is 0 Å². The van der Waals surface area contributed by atoms with Crippen molar-refractivity contribution in [2.45, 2.75) is 6.54 Å². The molecular weight excluding hydrogens is 258 g/mol. The molecule has 96 valence electrons. The summed E-state index contributed by atoms with van der Waals surface area (Å²) in [6.45, 7) is 0.744. The molecule has 0 fully saturated rings. The fraction of sp³-hybridized carbons (Fsp3) is 0.133. The van der Waals surface area contributed by atoms with Gasteiger partial charge >= 0.3 is 0 Å². The SMILES string of the molecule is CNCc1nc(-c2cccc(Cl)c2)n2ccccc12. The maximum atomic E-state index is 6.06. The Bertz CT molecular complexity index is 718. The molecule has 0 aliphatic heterocycles. The molecule has 0 saturated heterocycles. The summed E-state index contributed by atoms with van der Waals surface area (Å²) in [5.74, 6) is 0.920. The zero-order chi connectivity index (χ0) is 13.2. The summed E-state index contributed by atoms with van der Waals surface area (Å²) in [5.41, 5.74) is 3.18. The number of halogens is 1. The van der Waals surface area contributed by atoms with Crippen LogP contribution in [-0.2, 0) is 6.54 Å². The molecule has 0 aliphatic carbocycles. The first kappa shape index (κ1) is 12.2. The third kappa shape index (κ3) is 2.23. The minimum Gasteiger partial charge on any atom is -0.314 e. The Balaban J connectivity index is 2.23. The van der Waals surface area contributed by atoms with E-state index >= 15 is 0 Å². The second kappa shape index (κ2) is 5.03. The lowest BCUT2D eigenvalue weighted by Crippen LogP contribution is -2.05. The molecule has 3 nitrogen and oxygen atoms in total. The zero-order valence-corrected chi connectivity index (χ0v) is 11.4. The van der Waals surface area contributed by atoms with Crippen molar-refractivity contribution in [1.29, 1.82) is 0 Å². The van der Waals surface area contributed by atoms with Crippen LogP contribution in [0.25, 0.3) is 16.9 Å². The normalized spacial score (nSPS) is 11.1. The zero-order valence-electron chi connectivity index (χ0n) is 10.6. The first-order chi connectivity index (χ1) is 9.29. The Kier molecular flexibility index (Phi) is 3.23. The summed E-state index contributed by atoms with van der Waals surface area (Å²) in [7, 11) is 1.92. The second-order valence-corrected chi connectivity index (χ2v) is 4.82. The smallest absolute Gasteiger partial charge is 0.144 e. The van der Waals surface area contributed by atoms with Crippen LogP contribution in [0.4, 0.5) is 0 Å². The Morgan fingerprint density at radius 2 is 2.11 bits per heavy atom. The van der Waals surface area contributed by atoms with Crippen LogP contribution in [0, 0.1) is 0 Å². The van der Waals surface area contributed by atoms with Gasteiger partial charge in [0.05, 0.1) is 11.2 Å². The molecule has 2 heterocycles. The lowest BCUT2D eigenvalue weighted by molar-refractivity contribution is 0.803. The molecule has 4 heteroatoms. The summed E-state index contributed by atoms with van der Waals surface area (Å²) >= 11 is 6.06. The van der Waals surface area contributed by atoms with Crippen molar-refractivity contribution in [1.82, 2.24) is 14.7 Å². The molecule has 0 atom stereocenters. The molecule has 1 N–H and O–H groups in total. The summed E-state index contributed by atoms with van der Waals surface area (Å²) in [6, 6.07) is 13.9. The van der Waals surface area contributed by atoms with Crippen molar-refractivity contribution in [2.75, 3.05) is 7.05 Å². The van der Waals surface area contributed by atoms with E-state index in [0.29, 0.717) is 0 Å². The third-order valence-electron chi connectivity index (χ3n) is 3.05. The molecule has 0 unspecified atom stereocenters. The fourth-order valence-corrected chi connectivity index (χ4v) is 2.42. The molecule has 19 heavy (non-hydrogen) atoms. The van der Waals surface area contributed by atoms with Gasteiger partial charge in [0.25, 0.3) is 0 Å². The molecule has 0 spiro atoms. The van der Waals surface area contributed by atoms with Crippen LogP contribution in [0.1, 0.15) is 5.69 Å². The summed E-state index contributed by atoms with van der Waals surface area (Å²) in [5, 5.41) is 3.87. The van der Waals surface area contributed by atoms with E-state index in [1.807, 2.05) is 49.6 Å². The fourth-order valence-electron chi connectivity index (χ4n) is 2.23. The average molecular weight is 272 g/mol. The highest BCUT2D eigenvalue weighted by Crippen LogP contribution is 2.24. The van der Waals surface area contributed by atoms with E-state index in [1.165, 1.54) is 0 Å². The summed E-state index contributed by atoms with van der Waals surface area (Å²) < 4.78 is 2.10. The molecule has 0 amide bonds. The highest BCUT2D eigenvalue weighted by Gasteiger charge is 2.11. The van der Waals surface area contributed by atoms with E-state index in [-0.39, 0.29) is 0 Å². The van der Waals surface area contributed by atoms with Crippen LogP contribution in [-0.4, -0.2) is 16.4 Å². The number of benzene rings is 1. The van der Waals surface area contributed by atoms with Gasteiger partial charge in [-0.05, 0) is 31.3 Å². The minimum atomic E-state index is 0.723. The van der Waals surface area contributed by atoms with Gasteiger partial charge in [0.15, 0.2) is 0 Å². The van der Waals surface area contributed by atoms with E-state index in [4.69, 9.17) is 16.6 Å². The third-order valence-corrected chi connectivity index (χ3v) is 3.29. The molecule has 1 aromatic carbocycles. The number of hydrogen-bond acceptors (Lipinski definition) is 2. The first-order valence-electron chi connectivity index (χ1n) is 6.16.